The van der Waals surface area contributed by atoms with Crippen LogP contribution in [0, 0.1) is 0 Å². The Hall–Kier alpha value is -2.57. The number of nitrogens with two attached hydrogens (primary N) is 1. The van der Waals surface area contributed by atoms with E-state index in [-0.39, 0.29) is 23.5 Å². The van der Waals surface area contributed by atoms with Crippen LogP contribution in [0.4, 0.5) is 19.0 Å². The van der Waals surface area contributed by atoms with Gasteiger partial charge in [-0.2, -0.15) is 13.2 Å². The number of carbonyl (C=O) groups is 1. The number of anilines is 1. The van der Waals surface area contributed by atoms with Gasteiger partial charge in [0, 0.05) is 12.7 Å². The van der Waals surface area contributed by atoms with Gasteiger partial charge in [-0.1, -0.05) is 18.2 Å². The quantitative estimate of drug-likeness (QED) is 0.914. The van der Waals surface area contributed by atoms with Gasteiger partial charge in [0.25, 0.3) is 5.91 Å². The summed E-state index contributed by atoms with van der Waals surface area (Å²) in [5.74, 6) is -0.545. The first-order valence-corrected chi connectivity index (χ1v) is 6.03. The van der Waals surface area contributed by atoms with Crippen molar-refractivity contribution in [3.05, 3.63) is 59.3 Å². The van der Waals surface area contributed by atoms with E-state index in [1.54, 1.807) is 0 Å². The average molecular weight is 295 g/mol. The molecule has 0 aliphatic rings. The first kappa shape index (κ1) is 14.8. The van der Waals surface area contributed by atoms with Crippen LogP contribution in [-0.4, -0.2) is 10.9 Å². The second-order valence-corrected chi connectivity index (χ2v) is 4.27. The van der Waals surface area contributed by atoms with Gasteiger partial charge < -0.3 is 11.1 Å². The molecule has 1 amide bonds. The number of halogens is 3. The summed E-state index contributed by atoms with van der Waals surface area (Å²) in [5, 5.41) is 2.41. The normalized spacial score (nSPS) is 11.2. The maximum atomic E-state index is 12.8. The third-order valence-electron chi connectivity index (χ3n) is 2.85. The highest BCUT2D eigenvalue weighted by Gasteiger charge is 2.32. The highest BCUT2D eigenvalue weighted by atomic mass is 19.4. The van der Waals surface area contributed by atoms with Crippen LogP contribution in [0.1, 0.15) is 21.5 Å². The Kier molecular flexibility index (Phi) is 4.11. The molecule has 0 saturated heterocycles. The Morgan fingerprint density at radius 3 is 2.57 bits per heavy atom. The largest absolute Gasteiger partial charge is 0.416 e. The molecule has 1 aromatic carbocycles. The van der Waals surface area contributed by atoms with Gasteiger partial charge in [-0.05, 0) is 23.8 Å². The first-order chi connectivity index (χ1) is 9.89. The molecule has 0 unspecified atom stereocenters. The summed E-state index contributed by atoms with van der Waals surface area (Å²) in [6.07, 6.45) is -3.04. The van der Waals surface area contributed by atoms with Crippen LogP contribution >= 0.6 is 0 Å². The van der Waals surface area contributed by atoms with Gasteiger partial charge in [0.15, 0.2) is 0 Å². The Bertz CT molecular complexity index is 656. The molecule has 21 heavy (non-hydrogen) atoms. The van der Waals surface area contributed by atoms with Gasteiger partial charge in [0.2, 0.25) is 0 Å². The molecule has 3 N–H and O–H groups in total. The average Bonchev–Trinajstić information content (AvgIpc) is 2.44. The monoisotopic (exact) mass is 295 g/mol. The van der Waals surface area contributed by atoms with Crippen molar-refractivity contribution in [2.75, 3.05) is 5.73 Å². The minimum Gasteiger partial charge on any atom is -0.383 e. The lowest BCUT2D eigenvalue weighted by Crippen LogP contribution is -2.25. The number of nitrogens with one attached hydrogen (secondary N) is 1. The third-order valence-corrected chi connectivity index (χ3v) is 2.85. The van der Waals surface area contributed by atoms with Gasteiger partial charge in [0.05, 0.1) is 11.1 Å². The summed E-state index contributed by atoms with van der Waals surface area (Å²) >= 11 is 0. The van der Waals surface area contributed by atoms with Crippen molar-refractivity contribution >= 4 is 11.7 Å². The van der Waals surface area contributed by atoms with E-state index >= 15 is 0 Å². The lowest BCUT2D eigenvalue weighted by atomic mass is 10.1. The van der Waals surface area contributed by atoms with Crippen LogP contribution in [0.15, 0.2) is 42.6 Å². The maximum Gasteiger partial charge on any atom is 0.416 e. The molecule has 7 heteroatoms. The summed E-state index contributed by atoms with van der Waals surface area (Å²) in [6.45, 7) is -0.247. The van der Waals surface area contributed by atoms with Crippen molar-refractivity contribution in [1.29, 1.82) is 0 Å². The number of nitrogen functional groups attached to an aromatic ring is 1. The van der Waals surface area contributed by atoms with Crippen molar-refractivity contribution in [3.63, 3.8) is 0 Å². The summed E-state index contributed by atoms with van der Waals surface area (Å²) in [7, 11) is 0. The number of nitrogens with zero attached hydrogens (tertiary/aromatic N) is 1. The number of aromatic nitrogens is 1. The number of alkyl halides is 3. The predicted molar refractivity (Wildman–Crippen MR) is 71.3 cm³/mol. The molecule has 2 rings (SSSR count). The number of benzene rings is 1. The smallest absolute Gasteiger partial charge is 0.383 e. The summed E-state index contributed by atoms with van der Waals surface area (Å²) < 4.78 is 38.5. The van der Waals surface area contributed by atoms with Crippen molar-refractivity contribution < 1.29 is 18.0 Å². The molecule has 0 aliphatic carbocycles. The molecule has 1 aromatic heterocycles. The third kappa shape index (κ3) is 3.50. The van der Waals surface area contributed by atoms with Crippen LogP contribution < -0.4 is 11.1 Å². The van der Waals surface area contributed by atoms with Crippen LogP contribution in [0.2, 0.25) is 0 Å². The minimum absolute atomic E-state index is 0.0131. The minimum atomic E-state index is -4.46. The number of rotatable bonds is 3. The number of pyridine rings is 1. The highest BCUT2D eigenvalue weighted by molar-refractivity contribution is 5.98. The van der Waals surface area contributed by atoms with Crippen LogP contribution in [0.25, 0.3) is 0 Å². The van der Waals surface area contributed by atoms with Gasteiger partial charge in [-0.15, -0.1) is 0 Å². The van der Waals surface area contributed by atoms with E-state index in [4.69, 9.17) is 5.73 Å². The summed E-state index contributed by atoms with van der Waals surface area (Å²) in [5.41, 5.74) is 4.88. The van der Waals surface area contributed by atoms with E-state index < -0.39 is 17.6 Å². The Balaban J connectivity index is 2.14. The lowest BCUT2D eigenvalue weighted by molar-refractivity contribution is -0.138. The van der Waals surface area contributed by atoms with E-state index in [0.29, 0.717) is 0 Å². The van der Waals surface area contributed by atoms with E-state index in [9.17, 15) is 18.0 Å². The van der Waals surface area contributed by atoms with Crippen LogP contribution in [-0.2, 0) is 12.7 Å². The Morgan fingerprint density at radius 2 is 1.90 bits per heavy atom. The van der Waals surface area contributed by atoms with Crippen molar-refractivity contribution in [1.82, 2.24) is 10.3 Å². The molecule has 0 fully saturated rings. The molecular formula is C14H12F3N3O. The van der Waals surface area contributed by atoms with Gasteiger partial charge >= 0.3 is 6.18 Å². The molecule has 2 aromatic rings. The maximum absolute atomic E-state index is 12.8. The number of hydrogen-bond donors (Lipinski definition) is 2. The second kappa shape index (κ2) is 5.82. The van der Waals surface area contributed by atoms with Crippen LogP contribution in [0.3, 0.4) is 0 Å². The Morgan fingerprint density at radius 1 is 1.19 bits per heavy atom. The topological polar surface area (TPSA) is 68.0 Å². The summed E-state index contributed by atoms with van der Waals surface area (Å²) in [4.78, 5) is 15.6. The molecule has 0 aliphatic heterocycles. The fraction of sp³-hybridized carbons (Fsp3) is 0.143. The molecule has 4 nitrogen and oxygen atoms in total. The number of carbonyl (C=O) groups excluding carboxylic acids is 1. The van der Waals surface area contributed by atoms with Crippen LogP contribution in [0.5, 0.6) is 0 Å². The number of amides is 1. The zero-order valence-electron chi connectivity index (χ0n) is 10.8. The van der Waals surface area contributed by atoms with Crippen molar-refractivity contribution in [3.8, 4) is 0 Å². The molecule has 0 spiro atoms. The SMILES string of the molecule is Nc1ncccc1C(=O)NCc1ccccc1C(F)(F)F. The zero-order chi connectivity index (χ0) is 15.5. The number of hydrogen-bond acceptors (Lipinski definition) is 3. The van der Waals surface area contributed by atoms with E-state index in [0.717, 1.165) is 6.07 Å². The molecule has 0 radical (unpaired) electrons. The molecule has 0 atom stereocenters. The van der Waals surface area contributed by atoms with Gasteiger partial charge in [-0.3, -0.25) is 4.79 Å². The highest BCUT2D eigenvalue weighted by Crippen LogP contribution is 2.31. The fourth-order valence-corrected chi connectivity index (χ4v) is 1.83. The van der Waals surface area contributed by atoms with Crippen molar-refractivity contribution in [2.24, 2.45) is 0 Å². The molecule has 0 bridgehead atoms. The first-order valence-electron chi connectivity index (χ1n) is 6.03. The van der Waals surface area contributed by atoms with E-state index in [1.165, 1.54) is 36.5 Å². The predicted octanol–water partition coefficient (Wildman–Crippen LogP) is 2.61. The standard InChI is InChI=1S/C14H12F3N3O/c15-14(16,17)11-6-2-1-4-9(11)8-20-13(21)10-5-3-7-19-12(10)18/h1-7H,8H2,(H2,18,19)(H,20,21). The molecule has 1 heterocycles. The van der Waals surface area contributed by atoms with E-state index in [2.05, 4.69) is 10.3 Å². The van der Waals surface area contributed by atoms with E-state index in [1.807, 2.05) is 0 Å². The molecular weight excluding hydrogens is 283 g/mol. The van der Waals surface area contributed by atoms with Gasteiger partial charge in [0.1, 0.15) is 5.82 Å². The molecule has 0 saturated carbocycles. The second-order valence-electron chi connectivity index (χ2n) is 4.27. The van der Waals surface area contributed by atoms with Gasteiger partial charge in [-0.25, -0.2) is 4.98 Å². The Labute approximate surface area is 118 Å². The molecule has 110 valence electrons. The fourth-order valence-electron chi connectivity index (χ4n) is 1.83. The van der Waals surface area contributed by atoms with Crippen molar-refractivity contribution in [2.45, 2.75) is 12.7 Å². The summed E-state index contributed by atoms with van der Waals surface area (Å²) in [6, 6.07) is 8.04. The zero-order valence-corrected chi connectivity index (χ0v) is 10.8. The lowest BCUT2D eigenvalue weighted by Gasteiger charge is -2.13.